The summed E-state index contributed by atoms with van der Waals surface area (Å²) in [6, 6.07) is 9.80. The third-order valence-corrected chi connectivity index (χ3v) is 3.56. The van der Waals surface area contributed by atoms with Gasteiger partial charge >= 0.3 is 0 Å². The van der Waals surface area contributed by atoms with Gasteiger partial charge in [0.25, 0.3) is 0 Å². The Morgan fingerprint density at radius 1 is 1.20 bits per heavy atom. The van der Waals surface area contributed by atoms with E-state index in [4.69, 9.17) is 0 Å². The zero-order valence-corrected chi connectivity index (χ0v) is 12.4. The summed E-state index contributed by atoms with van der Waals surface area (Å²) in [5.74, 6) is 0.250. The van der Waals surface area contributed by atoms with E-state index in [2.05, 4.69) is 24.5 Å². The van der Waals surface area contributed by atoms with E-state index in [1.165, 1.54) is 0 Å². The lowest BCUT2D eigenvalue weighted by Crippen LogP contribution is -2.39. The highest BCUT2D eigenvalue weighted by Crippen LogP contribution is 2.11. The molecule has 0 aromatic heterocycles. The van der Waals surface area contributed by atoms with Gasteiger partial charge in [-0.05, 0) is 11.5 Å². The topological polar surface area (TPSA) is 61.4 Å². The Labute approximate surface area is 121 Å². The molecule has 0 bridgehead atoms. The SMILES string of the molecule is CCC(CC)C(O)CNCC(=O)NCc1ccccc1. The predicted octanol–water partition coefficient (Wildman–Crippen LogP) is 1.69. The van der Waals surface area contributed by atoms with Crippen LogP contribution < -0.4 is 10.6 Å². The molecular formula is C16H26N2O2. The minimum atomic E-state index is -0.382. The molecule has 0 heterocycles. The molecule has 1 rings (SSSR count). The zero-order chi connectivity index (χ0) is 14.8. The number of nitrogens with one attached hydrogen (secondary N) is 2. The van der Waals surface area contributed by atoms with Crippen LogP contribution in [0.15, 0.2) is 30.3 Å². The molecule has 0 saturated carbocycles. The largest absolute Gasteiger partial charge is 0.392 e. The van der Waals surface area contributed by atoms with Gasteiger partial charge in [-0.2, -0.15) is 0 Å². The van der Waals surface area contributed by atoms with Crippen LogP contribution in [0, 0.1) is 5.92 Å². The number of aliphatic hydroxyl groups is 1. The van der Waals surface area contributed by atoms with E-state index in [0.717, 1.165) is 18.4 Å². The van der Waals surface area contributed by atoms with E-state index in [-0.39, 0.29) is 18.6 Å². The van der Waals surface area contributed by atoms with E-state index < -0.39 is 0 Å². The van der Waals surface area contributed by atoms with Gasteiger partial charge in [0.15, 0.2) is 0 Å². The van der Waals surface area contributed by atoms with Crippen molar-refractivity contribution in [2.45, 2.75) is 39.3 Å². The fraction of sp³-hybridized carbons (Fsp3) is 0.562. The van der Waals surface area contributed by atoms with E-state index >= 15 is 0 Å². The summed E-state index contributed by atoms with van der Waals surface area (Å²) in [6.45, 7) is 5.39. The van der Waals surface area contributed by atoms with E-state index in [0.29, 0.717) is 19.0 Å². The normalized spacial score (nSPS) is 12.4. The number of benzene rings is 1. The van der Waals surface area contributed by atoms with E-state index in [9.17, 15) is 9.90 Å². The molecule has 1 amide bonds. The first-order valence-corrected chi connectivity index (χ1v) is 7.36. The van der Waals surface area contributed by atoms with Crippen LogP contribution in [0.4, 0.5) is 0 Å². The lowest BCUT2D eigenvalue weighted by Gasteiger charge is -2.20. The molecule has 0 spiro atoms. The summed E-state index contributed by atoms with van der Waals surface area (Å²) in [6.07, 6.45) is 1.53. The second kappa shape index (κ2) is 9.50. The molecule has 20 heavy (non-hydrogen) atoms. The third kappa shape index (κ3) is 6.17. The van der Waals surface area contributed by atoms with Gasteiger partial charge in [0, 0.05) is 13.1 Å². The Morgan fingerprint density at radius 2 is 1.85 bits per heavy atom. The van der Waals surface area contributed by atoms with Crippen LogP contribution in [-0.2, 0) is 11.3 Å². The molecule has 1 aromatic carbocycles. The molecule has 0 aliphatic heterocycles. The molecule has 0 aliphatic carbocycles. The molecule has 0 fully saturated rings. The smallest absolute Gasteiger partial charge is 0.234 e. The van der Waals surface area contributed by atoms with Gasteiger partial charge in [0.1, 0.15) is 0 Å². The first kappa shape index (κ1) is 16.7. The molecule has 1 atom stereocenters. The first-order chi connectivity index (χ1) is 9.67. The number of hydrogen-bond donors (Lipinski definition) is 3. The van der Waals surface area contributed by atoms with Gasteiger partial charge in [-0.15, -0.1) is 0 Å². The summed E-state index contributed by atoms with van der Waals surface area (Å²) in [7, 11) is 0. The van der Waals surface area contributed by atoms with E-state index in [1.807, 2.05) is 30.3 Å². The van der Waals surface area contributed by atoms with E-state index in [1.54, 1.807) is 0 Å². The monoisotopic (exact) mass is 278 g/mol. The van der Waals surface area contributed by atoms with Crippen molar-refractivity contribution in [1.82, 2.24) is 10.6 Å². The molecule has 0 radical (unpaired) electrons. The molecular weight excluding hydrogens is 252 g/mol. The minimum Gasteiger partial charge on any atom is -0.392 e. The lowest BCUT2D eigenvalue weighted by atomic mass is 9.97. The molecule has 0 aliphatic rings. The standard InChI is InChI=1S/C16H26N2O2/c1-3-14(4-2)15(19)11-17-12-16(20)18-10-13-8-6-5-7-9-13/h5-9,14-15,17,19H,3-4,10-12H2,1-2H3,(H,18,20). The van der Waals surface area contributed by atoms with Crippen LogP contribution in [0.3, 0.4) is 0 Å². The van der Waals surface area contributed by atoms with Crippen LogP contribution in [0.5, 0.6) is 0 Å². The van der Waals surface area contributed by atoms with Gasteiger partial charge in [-0.25, -0.2) is 0 Å². The van der Waals surface area contributed by atoms with Crippen LogP contribution in [-0.4, -0.2) is 30.2 Å². The number of carbonyl (C=O) groups excluding carboxylic acids is 1. The molecule has 1 unspecified atom stereocenters. The van der Waals surface area contributed by atoms with Crippen molar-refractivity contribution in [1.29, 1.82) is 0 Å². The Kier molecular flexibility index (Phi) is 7.92. The maximum atomic E-state index is 11.7. The van der Waals surface area contributed by atoms with Crippen molar-refractivity contribution in [3.8, 4) is 0 Å². The summed E-state index contributed by atoms with van der Waals surface area (Å²) in [4.78, 5) is 11.7. The van der Waals surface area contributed by atoms with Crippen LogP contribution >= 0.6 is 0 Å². The number of amides is 1. The highest BCUT2D eigenvalue weighted by Gasteiger charge is 2.15. The Balaban J connectivity index is 2.17. The van der Waals surface area contributed by atoms with Crippen LogP contribution in [0.25, 0.3) is 0 Å². The maximum Gasteiger partial charge on any atom is 0.234 e. The molecule has 112 valence electrons. The van der Waals surface area contributed by atoms with Crippen LogP contribution in [0.2, 0.25) is 0 Å². The Hall–Kier alpha value is -1.39. The van der Waals surface area contributed by atoms with Crippen molar-refractivity contribution < 1.29 is 9.90 Å². The predicted molar refractivity (Wildman–Crippen MR) is 81.2 cm³/mol. The third-order valence-electron chi connectivity index (χ3n) is 3.56. The van der Waals surface area contributed by atoms with Crippen molar-refractivity contribution >= 4 is 5.91 Å². The number of carbonyl (C=O) groups is 1. The van der Waals surface area contributed by atoms with Gasteiger partial charge < -0.3 is 15.7 Å². The van der Waals surface area contributed by atoms with Crippen molar-refractivity contribution in [2.24, 2.45) is 5.92 Å². The molecule has 0 saturated heterocycles. The number of aliphatic hydroxyl groups excluding tert-OH is 1. The van der Waals surface area contributed by atoms with Crippen molar-refractivity contribution in [3.05, 3.63) is 35.9 Å². The fourth-order valence-corrected chi connectivity index (χ4v) is 2.19. The average Bonchev–Trinajstić information content (AvgIpc) is 2.47. The lowest BCUT2D eigenvalue weighted by molar-refractivity contribution is -0.120. The van der Waals surface area contributed by atoms with Crippen LogP contribution in [0.1, 0.15) is 32.3 Å². The quantitative estimate of drug-likeness (QED) is 0.644. The molecule has 1 aromatic rings. The summed E-state index contributed by atoms with van der Waals surface area (Å²) >= 11 is 0. The van der Waals surface area contributed by atoms with Crippen molar-refractivity contribution in [2.75, 3.05) is 13.1 Å². The summed E-state index contributed by atoms with van der Waals surface area (Å²) in [5.41, 5.74) is 1.08. The highest BCUT2D eigenvalue weighted by molar-refractivity contribution is 5.77. The Bertz CT molecular complexity index is 377. The highest BCUT2D eigenvalue weighted by atomic mass is 16.3. The van der Waals surface area contributed by atoms with Crippen molar-refractivity contribution in [3.63, 3.8) is 0 Å². The molecule has 4 nitrogen and oxygen atoms in total. The minimum absolute atomic E-state index is 0.0504. The number of hydrogen-bond acceptors (Lipinski definition) is 3. The van der Waals surface area contributed by atoms with Gasteiger partial charge in [-0.3, -0.25) is 4.79 Å². The van der Waals surface area contributed by atoms with Gasteiger partial charge in [-0.1, -0.05) is 57.0 Å². The summed E-state index contributed by atoms with van der Waals surface area (Å²) < 4.78 is 0. The number of rotatable bonds is 9. The fourth-order valence-electron chi connectivity index (χ4n) is 2.19. The summed E-state index contributed by atoms with van der Waals surface area (Å²) in [5, 5.41) is 15.8. The maximum absolute atomic E-state index is 11.7. The zero-order valence-electron chi connectivity index (χ0n) is 12.4. The van der Waals surface area contributed by atoms with Gasteiger partial charge in [0.2, 0.25) is 5.91 Å². The molecule has 3 N–H and O–H groups in total. The second-order valence-corrected chi connectivity index (χ2v) is 5.04. The average molecular weight is 278 g/mol. The molecule has 4 heteroatoms. The van der Waals surface area contributed by atoms with Gasteiger partial charge in [0.05, 0.1) is 12.6 Å². The first-order valence-electron chi connectivity index (χ1n) is 7.36. The Morgan fingerprint density at radius 3 is 2.45 bits per heavy atom. The second-order valence-electron chi connectivity index (χ2n) is 5.04.